The summed E-state index contributed by atoms with van der Waals surface area (Å²) >= 11 is 0. The van der Waals surface area contributed by atoms with Crippen LogP contribution in [0.15, 0.2) is 30.3 Å². The molecule has 0 fully saturated rings. The first-order chi connectivity index (χ1) is 10.9. The lowest BCUT2D eigenvalue weighted by Gasteiger charge is -2.13. The number of aliphatic hydroxyl groups is 1. The molecule has 1 amide bonds. The van der Waals surface area contributed by atoms with Crippen LogP contribution in [-0.4, -0.2) is 32.7 Å². The summed E-state index contributed by atoms with van der Waals surface area (Å²) in [4.78, 5) is 13.1. The van der Waals surface area contributed by atoms with E-state index in [1.807, 2.05) is 30.3 Å². The maximum atomic E-state index is 11.6. The van der Waals surface area contributed by atoms with Gasteiger partial charge in [0, 0.05) is 6.54 Å². The minimum absolute atomic E-state index is 0.231. The third-order valence-electron chi connectivity index (χ3n) is 3.20. The molecule has 2 rings (SSSR count). The lowest BCUT2D eigenvalue weighted by molar-refractivity contribution is 0.0723. The van der Waals surface area contributed by atoms with Crippen molar-refractivity contribution >= 4 is 6.09 Å². The molecular weight excluding hydrogens is 296 g/mol. The Kier molecular flexibility index (Phi) is 5.33. The van der Waals surface area contributed by atoms with Crippen molar-refractivity contribution in [2.45, 2.75) is 39.5 Å². The average Bonchev–Trinajstić information content (AvgIpc) is 2.87. The molecule has 23 heavy (non-hydrogen) atoms. The summed E-state index contributed by atoms with van der Waals surface area (Å²) in [6.07, 6.45) is -0.486. The monoisotopic (exact) mass is 318 g/mol. The van der Waals surface area contributed by atoms with Gasteiger partial charge in [-0.3, -0.25) is 0 Å². The standard InChI is InChI=1S/C16H22N4O3/c1-12-14(16(2,3)22)19-20(18-12)10-9-17-15(21)23-11-13-7-5-4-6-8-13/h4-8,22H,9-11H2,1-3H3,(H,17,21). The Labute approximate surface area is 135 Å². The summed E-state index contributed by atoms with van der Waals surface area (Å²) in [5.74, 6) is 0. The normalized spacial score (nSPS) is 11.3. The first-order valence-electron chi connectivity index (χ1n) is 7.45. The van der Waals surface area contributed by atoms with E-state index in [1.54, 1.807) is 20.8 Å². The van der Waals surface area contributed by atoms with E-state index in [0.29, 0.717) is 24.5 Å². The summed E-state index contributed by atoms with van der Waals surface area (Å²) in [5, 5.41) is 21.1. The van der Waals surface area contributed by atoms with Crippen molar-refractivity contribution in [3.05, 3.63) is 47.3 Å². The van der Waals surface area contributed by atoms with E-state index in [4.69, 9.17) is 4.74 Å². The third kappa shape index (κ3) is 5.07. The van der Waals surface area contributed by atoms with Gasteiger partial charge in [0.1, 0.15) is 17.9 Å². The maximum absolute atomic E-state index is 11.6. The lowest BCUT2D eigenvalue weighted by Crippen LogP contribution is -2.28. The lowest BCUT2D eigenvalue weighted by atomic mass is 10.0. The van der Waals surface area contributed by atoms with Crippen molar-refractivity contribution in [3.8, 4) is 0 Å². The van der Waals surface area contributed by atoms with Crippen molar-refractivity contribution in [2.75, 3.05) is 6.54 Å². The predicted molar refractivity (Wildman–Crippen MR) is 84.6 cm³/mol. The molecular formula is C16H22N4O3. The topological polar surface area (TPSA) is 89.3 Å². The van der Waals surface area contributed by atoms with Crippen LogP contribution in [0.4, 0.5) is 4.79 Å². The van der Waals surface area contributed by atoms with Gasteiger partial charge in [-0.25, -0.2) is 4.79 Å². The molecule has 1 aromatic carbocycles. The molecule has 7 heteroatoms. The van der Waals surface area contributed by atoms with Gasteiger partial charge in [0.25, 0.3) is 0 Å². The molecule has 0 spiro atoms. The van der Waals surface area contributed by atoms with E-state index in [9.17, 15) is 9.90 Å². The molecule has 0 aliphatic rings. The summed E-state index contributed by atoms with van der Waals surface area (Å²) in [6.45, 7) is 6.08. The smallest absolute Gasteiger partial charge is 0.407 e. The quantitative estimate of drug-likeness (QED) is 0.847. The molecule has 0 unspecified atom stereocenters. The Balaban J connectivity index is 1.75. The van der Waals surface area contributed by atoms with E-state index in [2.05, 4.69) is 15.5 Å². The maximum Gasteiger partial charge on any atom is 0.407 e. The number of aromatic nitrogens is 3. The molecule has 0 aliphatic heterocycles. The van der Waals surface area contributed by atoms with Crippen LogP contribution in [0.1, 0.15) is 30.8 Å². The van der Waals surface area contributed by atoms with E-state index < -0.39 is 11.7 Å². The minimum atomic E-state index is -1.04. The average molecular weight is 318 g/mol. The number of hydrogen-bond acceptors (Lipinski definition) is 5. The van der Waals surface area contributed by atoms with Gasteiger partial charge in [-0.1, -0.05) is 30.3 Å². The molecule has 0 atom stereocenters. The van der Waals surface area contributed by atoms with Gasteiger partial charge in [-0.05, 0) is 26.3 Å². The number of amides is 1. The minimum Gasteiger partial charge on any atom is -0.445 e. The van der Waals surface area contributed by atoms with E-state index in [0.717, 1.165) is 5.56 Å². The fraction of sp³-hybridized carbons (Fsp3) is 0.438. The number of carbonyl (C=O) groups is 1. The number of rotatable bonds is 6. The third-order valence-corrected chi connectivity index (χ3v) is 3.20. The molecule has 7 nitrogen and oxygen atoms in total. The Hall–Kier alpha value is -2.41. The van der Waals surface area contributed by atoms with Crippen LogP contribution in [0, 0.1) is 6.92 Å². The van der Waals surface area contributed by atoms with Gasteiger partial charge in [0.2, 0.25) is 0 Å². The van der Waals surface area contributed by atoms with Gasteiger partial charge in [0.15, 0.2) is 0 Å². The SMILES string of the molecule is Cc1nn(CCNC(=O)OCc2ccccc2)nc1C(C)(C)O. The van der Waals surface area contributed by atoms with Gasteiger partial charge >= 0.3 is 6.09 Å². The highest BCUT2D eigenvalue weighted by atomic mass is 16.5. The largest absolute Gasteiger partial charge is 0.445 e. The number of carbonyl (C=O) groups excluding carboxylic acids is 1. The van der Waals surface area contributed by atoms with Crippen molar-refractivity contribution in [1.29, 1.82) is 0 Å². The van der Waals surface area contributed by atoms with Crippen LogP contribution < -0.4 is 5.32 Å². The molecule has 0 saturated carbocycles. The van der Waals surface area contributed by atoms with Gasteiger partial charge in [-0.15, -0.1) is 0 Å². The number of alkyl carbamates (subject to hydrolysis) is 1. The Morgan fingerprint density at radius 1 is 1.30 bits per heavy atom. The van der Waals surface area contributed by atoms with Crippen LogP contribution in [0.5, 0.6) is 0 Å². The highest BCUT2D eigenvalue weighted by molar-refractivity contribution is 5.67. The molecule has 0 bridgehead atoms. The van der Waals surface area contributed by atoms with E-state index in [-0.39, 0.29) is 6.61 Å². The molecule has 0 radical (unpaired) electrons. The number of nitrogens with zero attached hydrogens (tertiary/aromatic N) is 3. The van der Waals surface area contributed by atoms with Crippen LogP contribution >= 0.6 is 0 Å². The molecule has 2 aromatic rings. The first kappa shape index (κ1) is 17.0. The summed E-state index contributed by atoms with van der Waals surface area (Å²) in [6, 6.07) is 9.47. The van der Waals surface area contributed by atoms with Crippen LogP contribution in [0.2, 0.25) is 0 Å². The molecule has 2 N–H and O–H groups in total. The number of aryl methyl sites for hydroxylation is 1. The Morgan fingerprint density at radius 3 is 2.61 bits per heavy atom. The number of hydrogen-bond donors (Lipinski definition) is 2. The number of benzene rings is 1. The summed E-state index contributed by atoms with van der Waals surface area (Å²) in [5.41, 5.74) is 1.10. The van der Waals surface area contributed by atoms with Crippen molar-refractivity contribution in [3.63, 3.8) is 0 Å². The summed E-state index contributed by atoms with van der Waals surface area (Å²) < 4.78 is 5.11. The number of nitrogens with one attached hydrogen (secondary N) is 1. The number of ether oxygens (including phenoxy) is 1. The van der Waals surface area contributed by atoms with Crippen molar-refractivity contribution in [1.82, 2.24) is 20.3 Å². The zero-order chi connectivity index (χ0) is 16.9. The van der Waals surface area contributed by atoms with Crippen molar-refractivity contribution in [2.24, 2.45) is 0 Å². The molecule has 0 saturated heterocycles. The molecule has 1 heterocycles. The second-order valence-electron chi connectivity index (χ2n) is 5.78. The van der Waals surface area contributed by atoms with Gasteiger partial charge < -0.3 is 15.2 Å². The van der Waals surface area contributed by atoms with E-state index >= 15 is 0 Å². The fourth-order valence-electron chi connectivity index (χ4n) is 2.13. The van der Waals surface area contributed by atoms with Crippen LogP contribution in [0.3, 0.4) is 0 Å². The highest BCUT2D eigenvalue weighted by Gasteiger charge is 2.23. The van der Waals surface area contributed by atoms with Crippen LogP contribution in [0.25, 0.3) is 0 Å². The summed E-state index contributed by atoms with van der Waals surface area (Å²) in [7, 11) is 0. The molecule has 1 aromatic heterocycles. The second kappa shape index (κ2) is 7.23. The molecule has 0 aliphatic carbocycles. The van der Waals surface area contributed by atoms with Gasteiger partial charge in [0.05, 0.1) is 12.2 Å². The highest BCUT2D eigenvalue weighted by Crippen LogP contribution is 2.19. The predicted octanol–water partition coefficient (Wildman–Crippen LogP) is 1.74. The van der Waals surface area contributed by atoms with Crippen LogP contribution in [-0.2, 0) is 23.5 Å². The Morgan fingerprint density at radius 2 is 2.00 bits per heavy atom. The van der Waals surface area contributed by atoms with Crippen molar-refractivity contribution < 1.29 is 14.6 Å². The second-order valence-corrected chi connectivity index (χ2v) is 5.78. The fourth-order valence-corrected chi connectivity index (χ4v) is 2.13. The first-order valence-corrected chi connectivity index (χ1v) is 7.45. The zero-order valence-electron chi connectivity index (χ0n) is 13.6. The Bertz CT molecular complexity index is 647. The van der Waals surface area contributed by atoms with Gasteiger partial charge in [-0.2, -0.15) is 15.0 Å². The zero-order valence-corrected chi connectivity index (χ0v) is 13.6. The molecule has 124 valence electrons. The van der Waals surface area contributed by atoms with E-state index in [1.165, 1.54) is 4.80 Å².